The van der Waals surface area contributed by atoms with E-state index < -0.39 is 17.3 Å². The summed E-state index contributed by atoms with van der Waals surface area (Å²) >= 11 is 0. The molecule has 1 aromatic rings. The van der Waals surface area contributed by atoms with E-state index in [2.05, 4.69) is 13.8 Å². The molecule has 5 nitrogen and oxygen atoms in total. The second-order valence-corrected chi connectivity index (χ2v) is 5.84. The van der Waals surface area contributed by atoms with Gasteiger partial charge in [0.1, 0.15) is 5.82 Å². The maximum absolute atomic E-state index is 13.9. The van der Waals surface area contributed by atoms with Gasteiger partial charge in [-0.25, -0.2) is 9.18 Å². The van der Waals surface area contributed by atoms with Crippen LogP contribution in [-0.4, -0.2) is 49.7 Å². The Kier molecular flexibility index (Phi) is 5.96. The van der Waals surface area contributed by atoms with Crippen LogP contribution in [-0.2, 0) is 0 Å². The molecule has 0 bridgehead atoms. The topological polar surface area (TPSA) is 69.8 Å². The second kappa shape index (κ2) is 7.26. The predicted octanol–water partition coefficient (Wildman–Crippen LogP) is 2.13. The Morgan fingerprint density at radius 1 is 1.33 bits per heavy atom. The average Bonchev–Trinajstić information content (AvgIpc) is 2.36. The SMILES string of the molecule is CC(C)CN(CCN(C)C)c1cc(F)c(C(=O)O)cc1N. The maximum Gasteiger partial charge on any atom is 0.338 e. The number of anilines is 2. The predicted molar refractivity (Wildman–Crippen MR) is 83.4 cm³/mol. The van der Waals surface area contributed by atoms with Crippen LogP contribution < -0.4 is 10.6 Å². The number of nitrogens with two attached hydrogens (primary N) is 1. The Morgan fingerprint density at radius 3 is 2.43 bits per heavy atom. The first-order chi connectivity index (χ1) is 9.72. The van der Waals surface area contributed by atoms with Crippen LogP contribution in [0.5, 0.6) is 0 Å². The molecule has 6 heteroatoms. The molecule has 1 aromatic carbocycles. The highest BCUT2D eigenvalue weighted by atomic mass is 19.1. The minimum atomic E-state index is -1.31. The first-order valence-electron chi connectivity index (χ1n) is 6.94. The largest absolute Gasteiger partial charge is 0.478 e. The van der Waals surface area contributed by atoms with Crippen molar-refractivity contribution in [3.63, 3.8) is 0 Å². The van der Waals surface area contributed by atoms with Crippen molar-refractivity contribution in [2.45, 2.75) is 13.8 Å². The number of aromatic carboxylic acids is 1. The highest BCUT2D eigenvalue weighted by Crippen LogP contribution is 2.27. The molecule has 0 amide bonds. The van der Waals surface area contributed by atoms with Crippen molar-refractivity contribution in [3.8, 4) is 0 Å². The van der Waals surface area contributed by atoms with Gasteiger partial charge in [0.2, 0.25) is 0 Å². The third kappa shape index (κ3) is 4.90. The summed E-state index contributed by atoms with van der Waals surface area (Å²) in [4.78, 5) is 15.0. The molecule has 0 heterocycles. The molecular formula is C15H24FN3O2. The van der Waals surface area contributed by atoms with Crippen LogP contribution in [0, 0.1) is 11.7 Å². The van der Waals surface area contributed by atoms with E-state index in [1.165, 1.54) is 12.1 Å². The molecule has 0 saturated carbocycles. The molecule has 118 valence electrons. The van der Waals surface area contributed by atoms with Gasteiger partial charge in [0.05, 0.1) is 16.9 Å². The molecule has 0 aromatic heterocycles. The Bertz CT molecular complexity index is 504. The monoisotopic (exact) mass is 297 g/mol. The molecule has 0 saturated heterocycles. The van der Waals surface area contributed by atoms with E-state index in [1.54, 1.807) is 0 Å². The summed E-state index contributed by atoms with van der Waals surface area (Å²) in [6.45, 7) is 6.36. The van der Waals surface area contributed by atoms with Crippen LogP contribution in [0.3, 0.4) is 0 Å². The number of carboxylic acid groups (broad SMARTS) is 1. The van der Waals surface area contributed by atoms with Crippen molar-refractivity contribution >= 4 is 17.3 Å². The summed E-state index contributed by atoms with van der Waals surface area (Å²) in [5.41, 5.74) is 6.37. The van der Waals surface area contributed by atoms with Crippen LogP contribution in [0.25, 0.3) is 0 Å². The molecule has 0 fully saturated rings. The van der Waals surface area contributed by atoms with Gasteiger partial charge in [0.15, 0.2) is 0 Å². The minimum Gasteiger partial charge on any atom is -0.478 e. The molecule has 0 aliphatic carbocycles. The zero-order chi connectivity index (χ0) is 16.2. The van der Waals surface area contributed by atoms with Crippen molar-refractivity contribution in [1.82, 2.24) is 4.90 Å². The molecule has 0 unspecified atom stereocenters. The number of halogens is 1. The van der Waals surface area contributed by atoms with E-state index in [0.717, 1.165) is 13.1 Å². The zero-order valence-corrected chi connectivity index (χ0v) is 13.1. The molecule has 0 atom stereocenters. The summed E-state index contributed by atoms with van der Waals surface area (Å²) in [7, 11) is 3.93. The Labute approximate surface area is 125 Å². The third-order valence-corrected chi connectivity index (χ3v) is 3.09. The zero-order valence-electron chi connectivity index (χ0n) is 13.1. The van der Waals surface area contributed by atoms with E-state index in [9.17, 15) is 9.18 Å². The van der Waals surface area contributed by atoms with E-state index in [1.807, 2.05) is 23.9 Å². The lowest BCUT2D eigenvalue weighted by Gasteiger charge is -2.29. The fraction of sp³-hybridized carbons (Fsp3) is 0.533. The summed E-state index contributed by atoms with van der Waals surface area (Å²) in [5.74, 6) is -1.69. The number of rotatable bonds is 7. The number of nitrogen functional groups attached to an aromatic ring is 1. The smallest absolute Gasteiger partial charge is 0.338 e. The quantitative estimate of drug-likeness (QED) is 0.755. The van der Waals surface area contributed by atoms with Crippen LogP contribution in [0.4, 0.5) is 15.8 Å². The van der Waals surface area contributed by atoms with Gasteiger partial charge in [-0.1, -0.05) is 13.8 Å². The molecule has 0 aliphatic rings. The highest BCUT2D eigenvalue weighted by molar-refractivity contribution is 5.91. The molecule has 0 aliphatic heterocycles. The lowest BCUT2D eigenvalue weighted by molar-refractivity contribution is 0.0692. The summed E-state index contributed by atoms with van der Waals surface area (Å²) in [5, 5.41) is 8.93. The van der Waals surface area contributed by atoms with Gasteiger partial charge in [-0.2, -0.15) is 0 Å². The molecule has 0 radical (unpaired) electrons. The van der Waals surface area contributed by atoms with Gasteiger partial charge < -0.3 is 20.6 Å². The number of hydrogen-bond donors (Lipinski definition) is 2. The molecule has 0 spiro atoms. The molecule has 3 N–H and O–H groups in total. The van der Waals surface area contributed by atoms with Crippen molar-refractivity contribution in [2.75, 3.05) is 44.4 Å². The fourth-order valence-corrected chi connectivity index (χ4v) is 2.09. The summed E-state index contributed by atoms with van der Waals surface area (Å²) < 4.78 is 13.9. The van der Waals surface area contributed by atoms with Crippen LogP contribution in [0.15, 0.2) is 12.1 Å². The van der Waals surface area contributed by atoms with Crippen molar-refractivity contribution < 1.29 is 14.3 Å². The van der Waals surface area contributed by atoms with Crippen LogP contribution in [0.1, 0.15) is 24.2 Å². The normalized spacial score (nSPS) is 11.2. The van der Waals surface area contributed by atoms with Crippen LogP contribution in [0.2, 0.25) is 0 Å². The lowest BCUT2D eigenvalue weighted by atomic mass is 10.1. The number of hydrogen-bond acceptors (Lipinski definition) is 4. The van der Waals surface area contributed by atoms with Crippen molar-refractivity contribution in [3.05, 3.63) is 23.5 Å². The van der Waals surface area contributed by atoms with Crippen molar-refractivity contribution in [2.24, 2.45) is 5.92 Å². The van der Waals surface area contributed by atoms with Gasteiger partial charge in [0, 0.05) is 25.7 Å². The van der Waals surface area contributed by atoms with E-state index in [-0.39, 0.29) is 5.69 Å². The van der Waals surface area contributed by atoms with Crippen LogP contribution >= 0.6 is 0 Å². The Morgan fingerprint density at radius 2 is 1.95 bits per heavy atom. The lowest BCUT2D eigenvalue weighted by Crippen LogP contribution is -2.35. The van der Waals surface area contributed by atoms with Gasteiger partial charge in [-0.05, 0) is 26.1 Å². The Balaban J connectivity index is 3.11. The highest BCUT2D eigenvalue weighted by Gasteiger charge is 2.18. The number of nitrogens with zero attached hydrogens (tertiary/aromatic N) is 2. The van der Waals surface area contributed by atoms with Gasteiger partial charge in [-0.15, -0.1) is 0 Å². The maximum atomic E-state index is 13.9. The third-order valence-electron chi connectivity index (χ3n) is 3.09. The van der Waals surface area contributed by atoms with E-state index in [4.69, 9.17) is 10.8 Å². The van der Waals surface area contributed by atoms with Gasteiger partial charge in [-0.3, -0.25) is 0 Å². The fourth-order valence-electron chi connectivity index (χ4n) is 2.09. The second-order valence-electron chi connectivity index (χ2n) is 5.84. The summed E-state index contributed by atoms with van der Waals surface area (Å²) in [6.07, 6.45) is 0. The standard InChI is InChI=1S/C15H24FN3O2/c1-10(2)9-19(6-5-18(3)4)14-8-12(16)11(15(20)21)7-13(14)17/h7-8,10H,5-6,9,17H2,1-4H3,(H,20,21). The first-order valence-corrected chi connectivity index (χ1v) is 6.94. The van der Waals surface area contributed by atoms with E-state index >= 15 is 0 Å². The molecule has 21 heavy (non-hydrogen) atoms. The van der Waals surface area contributed by atoms with E-state index in [0.29, 0.717) is 18.2 Å². The first kappa shape index (κ1) is 17.2. The van der Waals surface area contributed by atoms with Gasteiger partial charge >= 0.3 is 5.97 Å². The number of carboxylic acids is 1. The number of carbonyl (C=O) groups is 1. The molecule has 1 rings (SSSR count). The summed E-state index contributed by atoms with van der Waals surface area (Å²) in [6, 6.07) is 2.41. The number of likely N-dealkylation sites (N-methyl/N-ethyl adjacent to an activating group) is 1. The molecular weight excluding hydrogens is 273 g/mol. The van der Waals surface area contributed by atoms with Gasteiger partial charge in [0.25, 0.3) is 0 Å². The minimum absolute atomic E-state index is 0.285. The average molecular weight is 297 g/mol. The number of benzene rings is 1. The Hall–Kier alpha value is -1.82. The van der Waals surface area contributed by atoms with Crippen molar-refractivity contribution in [1.29, 1.82) is 0 Å².